The summed E-state index contributed by atoms with van der Waals surface area (Å²) in [4.78, 5) is 14.3. The molecule has 1 aliphatic rings. The van der Waals surface area contributed by atoms with Crippen LogP contribution in [0.15, 0.2) is 18.2 Å². The number of hydrogen-bond acceptors (Lipinski definition) is 5. The van der Waals surface area contributed by atoms with Gasteiger partial charge in [0, 0.05) is 13.1 Å². The first-order chi connectivity index (χ1) is 10.1. The van der Waals surface area contributed by atoms with Crippen molar-refractivity contribution in [1.82, 2.24) is 10.2 Å². The molecule has 1 unspecified atom stereocenters. The van der Waals surface area contributed by atoms with Gasteiger partial charge in [-0.1, -0.05) is 6.07 Å². The molecular weight excluding hydrogens is 270 g/mol. The summed E-state index contributed by atoms with van der Waals surface area (Å²) in [6.07, 6.45) is 0. The Hall–Kier alpha value is -1.63. The molecule has 0 radical (unpaired) electrons. The van der Waals surface area contributed by atoms with E-state index in [2.05, 4.69) is 15.5 Å². The third-order valence-electron chi connectivity index (χ3n) is 3.26. The van der Waals surface area contributed by atoms with E-state index in [1.165, 1.54) is 0 Å². The van der Waals surface area contributed by atoms with Gasteiger partial charge >= 0.3 is 0 Å². The van der Waals surface area contributed by atoms with Crippen molar-refractivity contribution in [2.24, 2.45) is 0 Å². The Morgan fingerprint density at radius 2 is 2.33 bits per heavy atom. The highest BCUT2D eigenvalue weighted by molar-refractivity contribution is 5.96. The first-order valence-corrected chi connectivity index (χ1v) is 7.04. The van der Waals surface area contributed by atoms with Gasteiger partial charge in [0.25, 0.3) is 0 Å². The van der Waals surface area contributed by atoms with Crippen LogP contribution in [0.1, 0.15) is 5.56 Å². The van der Waals surface area contributed by atoms with Crippen molar-refractivity contribution in [3.63, 3.8) is 0 Å². The molecule has 1 aromatic carbocycles. The van der Waals surface area contributed by atoms with Gasteiger partial charge in [0.15, 0.2) is 0 Å². The summed E-state index contributed by atoms with van der Waals surface area (Å²) in [5, 5.41) is 6.06. The Kier molecular flexibility index (Phi) is 5.55. The lowest BCUT2D eigenvalue weighted by Crippen LogP contribution is -2.48. The van der Waals surface area contributed by atoms with E-state index in [9.17, 15) is 4.79 Å². The molecule has 21 heavy (non-hydrogen) atoms. The van der Waals surface area contributed by atoms with Gasteiger partial charge in [-0.25, -0.2) is 0 Å². The summed E-state index contributed by atoms with van der Waals surface area (Å²) in [6.45, 7) is 2.53. The van der Waals surface area contributed by atoms with E-state index in [-0.39, 0.29) is 11.9 Å². The molecule has 1 aromatic rings. The van der Waals surface area contributed by atoms with Gasteiger partial charge < -0.3 is 25.0 Å². The molecule has 0 spiro atoms. The number of anilines is 1. The Balaban J connectivity index is 2.10. The first kappa shape index (κ1) is 15.8. The van der Waals surface area contributed by atoms with Crippen LogP contribution >= 0.6 is 0 Å². The third-order valence-corrected chi connectivity index (χ3v) is 3.26. The highest BCUT2D eigenvalue weighted by atomic mass is 16.5. The Labute approximate surface area is 125 Å². The molecule has 1 aliphatic heterocycles. The maximum absolute atomic E-state index is 12.2. The third kappa shape index (κ3) is 4.42. The van der Waals surface area contributed by atoms with Crippen molar-refractivity contribution in [2.45, 2.75) is 12.6 Å². The molecule has 116 valence electrons. The van der Waals surface area contributed by atoms with Crippen molar-refractivity contribution < 1.29 is 14.3 Å². The topological polar surface area (TPSA) is 62.8 Å². The van der Waals surface area contributed by atoms with Gasteiger partial charge in [0.05, 0.1) is 26.0 Å². The molecule has 1 heterocycles. The zero-order valence-corrected chi connectivity index (χ0v) is 12.8. The van der Waals surface area contributed by atoms with Gasteiger partial charge in [-0.15, -0.1) is 0 Å². The number of nitrogens with zero attached hydrogens (tertiary/aromatic N) is 1. The van der Waals surface area contributed by atoms with Crippen molar-refractivity contribution in [1.29, 1.82) is 0 Å². The summed E-state index contributed by atoms with van der Waals surface area (Å²) in [5.74, 6) is 0.553. The SMILES string of the molecule is COc1ccc(CN(C)C)cc1NC(=O)C1COCCN1. The molecule has 0 aromatic heterocycles. The predicted molar refractivity (Wildman–Crippen MR) is 81.6 cm³/mol. The summed E-state index contributed by atoms with van der Waals surface area (Å²) < 4.78 is 10.6. The molecule has 1 saturated heterocycles. The van der Waals surface area contributed by atoms with E-state index in [1.54, 1.807) is 7.11 Å². The molecule has 0 saturated carbocycles. The van der Waals surface area contributed by atoms with Gasteiger partial charge in [0.2, 0.25) is 5.91 Å². The van der Waals surface area contributed by atoms with Crippen LogP contribution in [0.4, 0.5) is 5.69 Å². The number of carbonyl (C=O) groups excluding carboxylic acids is 1. The second-order valence-electron chi connectivity index (χ2n) is 5.34. The molecule has 2 rings (SSSR count). The number of ether oxygens (including phenoxy) is 2. The minimum Gasteiger partial charge on any atom is -0.495 e. The second-order valence-corrected chi connectivity index (χ2v) is 5.34. The number of nitrogens with one attached hydrogen (secondary N) is 2. The monoisotopic (exact) mass is 293 g/mol. The number of methoxy groups -OCH3 is 1. The number of benzene rings is 1. The molecule has 1 fully saturated rings. The first-order valence-electron chi connectivity index (χ1n) is 7.04. The second kappa shape index (κ2) is 7.40. The van der Waals surface area contributed by atoms with Crippen molar-refractivity contribution >= 4 is 11.6 Å². The number of hydrogen-bond donors (Lipinski definition) is 2. The summed E-state index contributed by atoms with van der Waals surface area (Å²) >= 11 is 0. The normalized spacial score (nSPS) is 18.6. The van der Waals surface area contributed by atoms with E-state index in [1.807, 2.05) is 32.3 Å². The van der Waals surface area contributed by atoms with Gasteiger partial charge in [0.1, 0.15) is 11.8 Å². The van der Waals surface area contributed by atoms with E-state index in [0.29, 0.717) is 31.2 Å². The maximum Gasteiger partial charge on any atom is 0.244 e. The highest BCUT2D eigenvalue weighted by Gasteiger charge is 2.22. The van der Waals surface area contributed by atoms with Crippen LogP contribution in [0.2, 0.25) is 0 Å². The van der Waals surface area contributed by atoms with Gasteiger partial charge in [-0.3, -0.25) is 4.79 Å². The lowest BCUT2D eigenvalue weighted by atomic mass is 10.1. The average Bonchev–Trinajstić information content (AvgIpc) is 2.48. The largest absolute Gasteiger partial charge is 0.495 e. The van der Waals surface area contributed by atoms with E-state index in [4.69, 9.17) is 9.47 Å². The quantitative estimate of drug-likeness (QED) is 0.836. The van der Waals surface area contributed by atoms with E-state index in [0.717, 1.165) is 12.1 Å². The number of carbonyl (C=O) groups is 1. The van der Waals surface area contributed by atoms with Crippen LogP contribution in [0.3, 0.4) is 0 Å². The zero-order valence-electron chi connectivity index (χ0n) is 12.8. The molecule has 6 nitrogen and oxygen atoms in total. The van der Waals surface area contributed by atoms with Crippen LogP contribution in [-0.2, 0) is 16.1 Å². The van der Waals surface area contributed by atoms with Crippen LogP contribution in [0.5, 0.6) is 5.75 Å². The molecular formula is C15H23N3O3. The fourth-order valence-electron chi connectivity index (χ4n) is 2.27. The lowest BCUT2D eigenvalue weighted by Gasteiger charge is -2.23. The van der Waals surface area contributed by atoms with E-state index < -0.39 is 0 Å². The fourth-order valence-corrected chi connectivity index (χ4v) is 2.27. The standard InChI is InChI=1S/C15H23N3O3/c1-18(2)9-11-4-5-14(20-3)12(8-11)17-15(19)13-10-21-7-6-16-13/h4-5,8,13,16H,6-7,9-10H2,1-3H3,(H,17,19). The van der Waals surface area contributed by atoms with Crippen molar-refractivity contribution in [3.05, 3.63) is 23.8 Å². The molecule has 0 bridgehead atoms. The molecule has 2 N–H and O–H groups in total. The Morgan fingerprint density at radius 3 is 2.95 bits per heavy atom. The minimum atomic E-state index is -0.319. The lowest BCUT2D eigenvalue weighted by molar-refractivity contribution is -0.120. The number of morpholine rings is 1. The summed E-state index contributed by atoms with van der Waals surface area (Å²) in [5.41, 5.74) is 1.80. The fraction of sp³-hybridized carbons (Fsp3) is 0.533. The zero-order chi connectivity index (χ0) is 15.2. The molecule has 6 heteroatoms. The van der Waals surface area contributed by atoms with Crippen molar-refractivity contribution in [2.75, 3.05) is 46.3 Å². The molecule has 1 atom stereocenters. The summed E-state index contributed by atoms with van der Waals surface area (Å²) in [6, 6.07) is 5.50. The van der Waals surface area contributed by atoms with Crippen molar-refractivity contribution in [3.8, 4) is 5.75 Å². The molecule has 1 amide bonds. The average molecular weight is 293 g/mol. The molecule has 0 aliphatic carbocycles. The smallest absolute Gasteiger partial charge is 0.244 e. The predicted octanol–water partition coefficient (Wildman–Crippen LogP) is 0.684. The van der Waals surface area contributed by atoms with Crippen LogP contribution < -0.4 is 15.4 Å². The summed E-state index contributed by atoms with van der Waals surface area (Å²) in [7, 11) is 5.61. The number of rotatable bonds is 5. The Morgan fingerprint density at radius 1 is 1.52 bits per heavy atom. The van der Waals surface area contributed by atoms with Crippen LogP contribution in [-0.4, -0.2) is 57.8 Å². The Bertz CT molecular complexity index is 485. The van der Waals surface area contributed by atoms with Crippen LogP contribution in [0, 0.1) is 0 Å². The van der Waals surface area contributed by atoms with E-state index >= 15 is 0 Å². The van der Waals surface area contributed by atoms with Crippen LogP contribution in [0.25, 0.3) is 0 Å². The minimum absolute atomic E-state index is 0.102. The highest BCUT2D eigenvalue weighted by Crippen LogP contribution is 2.26. The van der Waals surface area contributed by atoms with Gasteiger partial charge in [-0.2, -0.15) is 0 Å². The maximum atomic E-state index is 12.2. The number of amides is 1. The van der Waals surface area contributed by atoms with Gasteiger partial charge in [-0.05, 0) is 31.8 Å².